The van der Waals surface area contributed by atoms with Gasteiger partial charge in [-0.25, -0.2) is 4.79 Å². The van der Waals surface area contributed by atoms with Gasteiger partial charge in [0.25, 0.3) is 0 Å². The van der Waals surface area contributed by atoms with E-state index in [9.17, 15) is 26.4 Å². The Balaban J connectivity index is 2.13. The van der Waals surface area contributed by atoms with Crippen molar-refractivity contribution < 1.29 is 40.0 Å². The van der Waals surface area contributed by atoms with Crippen LogP contribution in [0.2, 0.25) is 0 Å². The Hall–Kier alpha value is -2.17. The molecule has 1 amide bonds. The lowest BCUT2D eigenvalue weighted by Crippen LogP contribution is -2.45. The van der Waals surface area contributed by atoms with Gasteiger partial charge >= 0.3 is 21.7 Å². The van der Waals surface area contributed by atoms with Gasteiger partial charge in [0.05, 0.1) is 6.04 Å². The average Bonchev–Trinajstić information content (AvgIpc) is 2.43. The second-order valence-electron chi connectivity index (χ2n) is 6.59. The van der Waals surface area contributed by atoms with Gasteiger partial charge < -0.3 is 19.0 Å². The van der Waals surface area contributed by atoms with Crippen molar-refractivity contribution in [2.75, 3.05) is 6.61 Å². The van der Waals surface area contributed by atoms with Crippen molar-refractivity contribution in [3.8, 4) is 11.5 Å². The smallest absolute Gasteiger partial charge is 0.487 e. The third kappa shape index (κ3) is 4.93. The molecule has 1 aliphatic rings. The second-order valence-corrected chi connectivity index (χ2v) is 8.12. The van der Waals surface area contributed by atoms with Crippen LogP contribution in [0.5, 0.6) is 11.5 Å². The fourth-order valence-electron chi connectivity index (χ4n) is 2.19. The van der Waals surface area contributed by atoms with Crippen molar-refractivity contribution in [2.45, 2.75) is 44.3 Å². The zero-order valence-corrected chi connectivity index (χ0v) is 15.0. The van der Waals surface area contributed by atoms with Gasteiger partial charge in [0.1, 0.15) is 12.2 Å². The van der Waals surface area contributed by atoms with Crippen LogP contribution in [-0.2, 0) is 21.3 Å². The van der Waals surface area contributed by atoms with Gasteiger partial charge in [0.15, 0.2) is 11.5 Å². The molecule has 1 unspecified atom stereocenters. The Kier molecular flexibility index (Phi) is 5.31. The van der Waals surface area contributed by atoms with Crippen LogP contribution in [-0.4, -0.2) is 38.3 Å². The van der Waals surface area contributed by atoms with E-state index in [2.05, 4.69) is 9.50 Å². The van der Waals surface area contributed by atoms with Crippen LogP contribution in [0.3, 0.4) is 0 Å². The fraction of sp³-hybridized carbons (Fsp3) is 0.533. The molecule has 0 bridgehead atoms. The molecular formula is C15H18F3NO6S. The number of halogens is 3. The molecule has 7 nitrogen and oxygen atoms in total. The SMILES string of the molecule is CC(C)(C)OC(=O)NC1COc2c(cccc2OS(=O)(=O)C(F)(F)F)C1. The maximum absolute atomic E-state index is 12.5. The van der Waals surface area contributed by atoms with Gasteiger partial charge in [0, 0.05) is 5.56 Å². The van der Waals surface area contributed by atoms with Crippen molar-refractivity contribution in [1.29, 1.82) is 0 Å². The lowest BCUT2D eigenvalue weighted by atomic mass is 10.0. The Labute approximate surface area is 148 Å². The van der Waals surface area contributed by atoms with Gasteiger partial charge in [-0.1, -0.05) is 12.1 Å². The Morgan fingerprint density at radius 3 is 2.50 bits per heavy atom. The summed E-state index contributed by atoms with van der Waals surface area (Å²) in [5, 5.41) is 2.58. The van der Waals surface area contributed by atoms with Crippen LogP contribution in [0.1, 0.15) is 26.3 Å². The number of hydrogen-bond acceptors (Lipinski definition) is 6. The molecule has 0 aliphatic carbocycles. The standard InChI is InChI=1S/C15H18F3NO6S/c1-14(2,3)24-13(20)19-10-7-9-5-4-6-11(12(9)23-8-10)25-26(21,22)15(16,17)18/h4-6,10H,7-8H2,1-3H3,(H,19,20). The summed E-state index contributed by atoms with van der Waals surface area (Å²) in [7, 11) is -5.81. The molecule has 0 saturated heterocycles. The van der Waals surface area contributed by atoms with Crippen LogP contribution < -0.4 is 14.2 Å². The van der Waals surface area contributed by atoms with Crippen LogP contribution in [0, 0.1) is 0 Å². The van der Waals surface area contributed by atoms with E-state index in [0.29, 0.717) is 5.56 Å². The van der Waals surface area contributed by atoms with Crippen molar-refractivity contribution in [1.82, 2.24) is 5.32 Å². The van der Waals surface area contributed by atoms with Crippen LogP contribution in [0.15, 0.2) is 18.2 Å². The highest BCUT2D eigenvalue weighted by Gasteiger charge is 2.49. The van der Waals surface area contributed by atoms with Crippen molar-refractivity contribution in [3.63, 3.8) is 0 Å². The summed E-state index contributed by atoms with van der Waals surface area (Å²) in [4.78, 5) is 11.8. The van der Waals surface area contributed by atoms with Gasteiger partial charge in [-0.2, -0.15) is 21.6 Å². The molecule has 1 atom stereocenters. The predicted molar refractivity (Wildman–Crippen MR) is 84.4 cm³/mol. The molecule has 26 heavy (non-hydrogen) atoms. The number of alkyl halides is 3. The summed E-state index contributed by atoms with van der Waals surface area (Å²) in [6.07, 6.45) is -0.459. The van der Waals surface area contributed by atoms with Gasteiger partial charge in [-0.3, -0.25) is 0 Å². The maximum Gasteiger partial charge on any atom is 0.534 e. The fourth-order valence-corrected chi connectivity index (χ4v) is 2.65. The largest absolute Gasteiger partial charge is 0.534 e. The Morgan fingerprint density at radius 2 is 1.92 bits per heavy atom. The van der Waals surface area contributed by atoms with Crippen LogP contribution in [0.25, 0.3) is 0 Å². The molecule has 0 radical (unpaired) electrons. The molecule has 146 valence electrons. The van der Waals surface area contributed by atoms with Gasteiger partial charge in [-0.15, -0.1) is 0 Å². The summed E-state index contributed by atoms with van der Waals surface area (Å²) < 4.78 is 74.4. The van der Waals surface area contributed by atoms with E-state index < -0.39 is 39.1 Å². The summed E-state index contributed by atoms with van der Waals surface area (Å²) >= 11 is 0. The highest BCUT2D eigenvalue weighted by atomic mass is 32.2. The molecule has 11 heteroatoms. The number of fused-ring (bicyclic) bond motifs is 1. The lowest BCUT2D eigenvalue weighted by Gasteiger charge is -2.28. The Bertz CT molecular complexity index is 786. The molecule has 0 spiro atoms. The zero-order chi connectivity index (χ0) is 19.8. The molecule has 0 saturated carbocycles. The first-order chi connectivity index (χ1) is 11.8. The maximum atomic E-state index is 12.5. The average molecular weight is 397 g/mol. The molecule has 0 fully saturated rings. The molecule has 1 aromatic carbocycles. The normalized spacial score (nSPS) is 17.7. The first-order valence-electron chi connectivity index (χ1n) is 7.53. The molecule has 1 N–H and O–H groups in total. The molecule has 1 aliphatic heterocycles. The monoisotopic (exact) mass is 397 g/mol. The van der Waals surface area contributed by atoms with Gasteiger partial charge in [0.2, 0.25) is 0 Å². The molecule has 1 heterocycles. The summed E-state index contributed by atoms with van der Waals surface area (Å²) in [6, 6.07) is 3.43. The van der Waals surface area contributed by atoms with Crippen LogP contribution in [0.4, 0.5) is 18.0 Å². The number of rotatable bonds is 3. The van der Waals surface area contributed by atoms with Crippen molar-refractivity contribution in [2.24, 2.45) is 0 Å². The van der Waals surface area contributed by atoms with Crippen molar-refractivity contribution >= 4 is 16.2 Å². The summed E-state index contributed by atoms with van der Waals surface area (Å²) in [6.45, 7) is 5.01. The Morgan fingerprint density at radius 1 is 1.27 bits per heavy atom. The first kappa shape index (κ1) is 20.1. The third-order valence-electron chi connectivity index (χ3n) is 3.16. The van der Waals surface area contributed by atoms with E-state index in [0.717, 1.165) is 6.07 Å². The van der Waals surface area contributed by atoms with Crippen molar-refractivity contribution in [3.05, 3.63) is 23.8 Å². The number of ether oxygens (including phenoxy) is 2. The summed E-state index contributed by atoms with van der Waals surface area (Å²) in [5.74, 6) is -0.668. The first-order valence-corrected chi connectivity index (χ1v) is 8.94. The highest BCUT2D eigenvalue weighted by molar-refractivity contribution is 7.88. The number of alkyl carbamates (subject to hydrolysis) is 1. The minimum absolute atomic E-state index is 0.0846. The minimum atomic E-state index is -5.81. The predicted octanol–water partition coefficient (Wildman–Crippen LogP) is 2.74. The number of benzene rings is 1. The highest BCUT2D eigenvalue weighted by Crippen LogP contribution is 2.37. The van der Waals surface area contributed by atoms with E-state index in [-0.39, 0.29) is 18.8 Å². The van der Waals surface area contributed by atoms with E-state index in [1.165, 1.54) is 12.1 Å². The lowest BCUT2D eigenvalue weighted by molar-refractivity contribution is -0.0500. The second kappa shape index (κ2) is 6.86. The van der Waals surface area contributed by atoms with E-state index in [1.54, 1.807) is 20.8 Å². The zero-order valence-electron chi connectivity index (χ0n) is 14.2. The van der Waals surface area contributed by atoms with E-state index in [4.69, 9.17) is 9.47 Å². The molecule has 0 aromatic heterocycles. The number of carbonyl (C=O) groups is 1. The molecule has 2 rings (SSSR count). The number of nitrogens with one attached hydrogen (secondary N) is 1. The number of amides is 1. The molecule has 1 aromatic rings. The van der Waals surface area contributed by atoms with E-state index in [1.807, 2.05) is 0 Å². The van der Waals surface area contributed by atoms with Crippen LogP contribution >= 0.6 is 0 Å². The summed E-state index contributed by atoms with van der Waals surface area (Å²) in [5.41, 5.74) is -5.84. The third-order valence-corrected chi connectivity index (χ3v) is 4.13. The topological polar surface area (TPSA) is 90.9 Å². The van der Waals surface area contributed by atoms with E-state index >= 15 is 0 Å². The number of para-hydroxylation sites is 1. The number of hydrogen-bond donors (Lipinski definition) is 1. The number of carbonyl (C=O) groups excluding carboxylic acids is 1. The quantitative estimate of drug-likeness (QED) is 0.623. The molecular weight excluding hydrogens is 379 g/mol. The minimum Gasteiger partial charge on any atom is -0.487 e. The van der Waals surface area contributed by atoms with Gasteiger partial charge in [-0.05, 0) is 33.3 Å².